The SMILES string of the molecule is O=c1[nH]c2cc([N+](=O)[O-])cc(CNOP(=O)(O)Cc3ccco3)c2[nH]c1=O. The Morgan fingerprint density at radius 3 is 2.70 bits per heavy atom. The molecule has 0 aliphatic heterocycles. The molecule has 2 aromatic heterocycles. The summed E-state index contributed by atoms with van der Waals surface area (Å²) in [5.41, 5.74) is 0.343. The zero-order chi connectivity index (χ0) is 19.6. The first-order valence-corrected chi connectivity index (χ1v) is 9.21. The van der Waals surface area contributed by atoms with Crippen molar-refractivity contribution in [2.24, 2.45) is 0 Å². The second-order valence-electron chi connectivity index (χ2n) is 5.48. The van der Waals surface area contributed by atoms with E-state index in [2.05, 4.69) is 15.4 Å². The van der Waals surface area contributed by atoms with Crippen LogP contribution in [0.5, 0.6) is 0 Å². The van der Waals surface area contributed by atoms with Crippen LogP contribution in [0.25, 0.3) is 11.0 Å². The van der Waals surface area contributed by atoms with Gasteiger partial charge in [0, 0.05) is 24.2 Å². The minimum Gasteiger partial charge on any atom is -0.469 e. The van der Waals surface area contributed by atoms with Crippen molar-refractivity contribution in [1.29, 1.82) is 0 Å². The van der Waals surface area contributed by atoms with Crippen LogP contribution < -0.4 is 16.6 Å². The lowest BCUT2D eigenvalue weighted by Crippen LogP contribution is -2.29. The fourth-order valence-electron chi connectivity index (χ4n) is 2.37. The van der Waals surface area contributed by atoms with E-state index in [9.17, 15) is 29.2 Å². The lowest BCUT2D eigenvalue weighted by Gasteiger charge is -2.12. The summed E-state index contributed by atoms with van der Waals surface area (Å²) in [4.78, 5) is 47.7. The van der Waals surface area contributed by atoms with Gasteiger partial charge in [0.05, 0.1) is 22.2 Å². The van der Waals surface area contributed by atoms with Crippen molar-refractivity contribution < 1.29 is 23.4 Å². The highest BCUT2D eigenvalue weighted by Crippen LogP contribution is 2.44. The molecule has 12 nitrogen and oxygen atoms in total. The van der Waals surface area contributed by atoms with Gasteiger partial charge in [-0.05, 0) is 12.1 Å². The second kappa shape index (κ2) is 7.29. The van der Waals surface area contributed by atoms with E-state index < -0.39 is 23.6 Å². The van der Waals surface area contributed by atoms with Crippen molar-refractivity contribution in [3.05, 3.63) is 72.7 Å². The summed E-state index contributed by atoms with van der Waals surface area (Å²) >= 11 is 0. The third-order valence-corrected chi connectivity index (χ3v) is 4.64. The number of furan rings is 1. The molecule has 0 spiro atoms. The van der Waals surface area contributed by atoms with Crippen molar-refractivity contribution in [3.63, 3.8) is 0 Å². The third-order valence-electron chi connectivity index (χ3n) is 3.51. The number of hydrogen-bond acceptors (Lipinski definition) is 8. The minimum atomic E-state index is -4.10. The lowest BCUT2D eigenvalue weighted by atomic mass is 10.1. The molecule has 3 aromatic rings. The van der Waals surface area contributed by atoms with E-state index in [1.807, 2.05) is 0 Å². The van der Waals surface area contributed by atoms with Gasteiger partial charge in [-0.25, -0.2) is 4.62 Å². The Bertz CT molecular complexity index is 1150. The highest BCUT2D eigenvalue weighted by molar-refractivity contribution is 7.51. The maximum absolute atomic E-state index is 12.0. The van der Waals surface area contributed by atoms with Gasteiger partial charge in [0.15, 0.2) is 0 Å². The summed E-state index contributed by atoms with van der Waals surface area (Å²) < 4.78 is 21.8. The summed E-state index contributed by atoms with van der Waals surface area (Å²) in [6.07, 6.45) is 0.960. The van der Waals surface area contributed by atoms with Crippen LogP contribution in [-0.4, -0.2) is 19.8 Å². The second-order valence-corrected chi connectivity index (χ2v) is 7.25. The standard InChI is InChI=1S/C14H13N4O8P/c19-13-14(20)17-12-8(4-9(18(21)22)5-11(12)16-13)6-15-26-27(23,24)7-10-2-1-3-25-10/h1-5,15H,6-7H2,(H,16,19)(H,17,20)(H,23,24). The number of aromatic nitrogens is 2. The fourth-order valence-corrected chi connectivity index (χ4v) is 3.27. The number of benzene rings is 1. The van der Waals surface area contributed by atoms with E-state index >= 15 is 0 Å². The Morgan fingerprint density at radius 2 is 2.04 bits per heavy atom. The number of aromatic amines is 2. The van der Waals surface area contributed by atoms with Gasteiger partial charge < -0.3 is 19.3 Å². The molecule has 0 aliphatic rings. The summed E-state index contributed by atoms with van der Waals surface area (Å²) in [7, 11) is -4.10. The molecule has 142 valence electrons. The predicted molar refractivity (Wildman–Crippen MR) is 92.0 cm³/mol. The first kappa shape index (κ1) is 18.7. The zero-order valence-electron chi connectivity index (χ0n) is 13.5. The van der Waals surface area contributed by atoms with E-state index in [-0.39, 0.29) is 40.8 Å². The van der Waals surface area contributed by atoms with E-state index in [4.69, 9.17) is 9.04 Å². The molecule has 13 heteroatoms. The van der Waals surface area contributed by atoms with E-state index in [1.165, 1.54) is 12.3 Å². The van der Waals surface area contributed by atoms with Crippen LogP contribution >= 0.6 is 7.60 Å². The van der Waals surface area contributed by atoms with Crippen LogP contribution in [-0.2, 0) is 21.9 Å². The first-order chi connectivity index (χ1) is 12.7. The highest BCUT2D eigenvalue weighted by Gasteiger charge is 2.23. The fraction of sp³-hybridized carbons (Fsp3) is 0.143. The number of nitro groups is 1. The summed E-state index contributed by atoms with van der Waals surface area (Å²) in [5.74, 6) is 0.241. The summed E-state index contributed by atoms with van der Waals surface area (Å²) in [6.45, 7) is -0.261. The number of rotatable bonds is 7. The number of nitro benzene ring substituents is 1. The largest absolute Gasteiger partial charge is 0.469 e. The number of hydrogen-bond donors (Lipinski definition) is 4. The van der Waals surface area contributed by atoms with Crippen LogP contribution in [0.15, 0.2) is 44.5 Å². The maximum Gasteiger partial charge on any atom is 0.351 e. The van der Waals surface area contributed by atoms with Crippen LogP contribution in [0.1, 0.15) is 11.3 Å². The van der Waals surface area contributed by atoms with Crippen LogP contribution in [0.3, 0.4) is 0 Å². The van der Waals surface area contributed by atoms with Gasteiger partial charge in [-0.15, -0.1) is 0 Å². The van der Waals surface area contributed by atoms with Gasteiger partial charge in [0.25, 0.3) is 5.69 Å². The lowest BCUT2D eigenvalue weighted by molar-refractivity contribution is -0.384. The van der Waals surface area contributed by atoms with Gasteiger partial charge >= 0.3 is 18.7 Å². The molecule has 4 N–H and O–H groups in total. The molecule has 3 rings (SSSR count). The monoisotopic (exact) mass is 396 g/mol. The number of nitrogens with zero attached hydrogens (tertiary/aromatic N) is 1. The van der Waals surface area contributed by atoms with E-state index in [0.29, 0.717) is 0 Å². The molecular weight excluding hydrogens is 383 g/mol. The van der Waals surface area contributed by atoms with Crippen LogP contribution in [0, 0.1) is 10.1 Å². The number of H-pyrrole nitrogens is 2. The summed E-state index contributed by atoms with van der Waals surface area (Å²) in [5, 5.41) is 11.1. The van der Waals surface area contributed by atoms with Gasteiger partial charge in [0.1, 0.15) is 11.9 Å². The van der Waals surface area contributed by atoms with Gasteiger partial charge in [-0.2, -0.15) is 5.48 Å². The molecule has 27 heavy (non-hydrogen) atoms. The molecular formula is C14H13N4O8P. The first-order valence-electron chi connectivity index (χ1n) is 7.44. The Balaban J connectivity index is 1.84. The quantitative estimate of drug-likeness (QED) is 0.197. The number of hydroxylamine groups is 1. The van der Waals surface area contributed by atoms with Crippen molar-refractivity contribution in [2.45, 2.75) is 12.7 Å². The molecule has 1 atom stereocenters. The molecule has 1 aromatic carbocycles. The maximum atomic E-state index is 12.0. The van der Waals surface area contributed by atoms with Gasteiger partial charge in [-0.1, -0.05) is 0 Å². The van der Waals surface area contributed by atoms with E-state index in [0.717, 1.165) is 12.1 Å². The average molecular weight is 396 g/mol. The van der Waals surface area contributed by atoms with Gasteiger partial charge in [0.2, 0.25) is 0 Å². The average Bonchev–Trinajstić information content (AvgIpc) is 3.08. The third kappa shape index (κ3) is 4.38. The Hall–Kier alpha value is -3.05. The summed E-state index contributed by atoms with van der Waals surface area (Å²) in [6, 6.07) is 5.28. The number of nitrogens with one attached hydrogen (secondary N) is 3. The van der Waals surface area contributed by atoms with Crippen molar-refractivity contribution >= 4 is 24.3 Å². The zero-order valence-corrected chi connectivity index (χ0v) is 14.4. The molecule has 0 saturated heterocycles. The molecule has 0 amide bonds. The topological polar surface area (TPSA) is 181 Å². The molecule has 0 saturated carbocycles. The highest BCUT2D eigenvalue weighted by atomic mass is 31.2. The Labute approximate surface area is 149 Å². The van der Waals surface area contributed by atoms with Gasteiger partial charge in [-0.3, -0.25) is 24.3 Å². The van der Waals surface area contributed by atoms with Crippen molar-refractivity contribution in [1.82, 2.24) is 15.4 Å². The molecule has 0 bridgehead atoms. The minimum absolute atomic E-state index is 0.0355. The normalized spacial score (nSPS) is 13.5. The Kier molecular flexibility index (Phi) is 5.06. The molecule has 1 unspecified atom stereocenters. The number of fused-ring (bicyclic) bond motifs is 1. The number of non-ortho nitro benzene ring substituents is 1. The van der Waals surface area contributed by atoms with Crippen LogP contribution in [0.2, 0.25) is 0 Å². The van der Waals surface area contributed by atoms with E-state index in [1.54, 1.807) is 6.07 Å². The molecule has 0 radical (unpaired) electrons. The predicted octanol–water partition coefficient (Wildman–Crippen LogP) is 1.12. The molecule has 2 heterocycles. The molecule has 0 aliphatic carbocycles. The van der Waals surface area contributed by atoms with Crippen molar-refractivity contribution in [2.75, 3.05) is 0 Å². The Morgan fingerprint density at radius 1 is 1.30 bits per heavy atom. The van der Waals surface area contributed by atoms with Crippen LogP contribution in [0.4, 0.5) is 5.69 Å². The van der Waals surface area contributed by atoms with Crippen molar-refractivity contribution in [3.8, 4) is 0 Å². The molecule has 0 fully saturated rings. The smallest absolute Gasteiger partial charge is 0.351 e.